The first-order chi connectivity index (χ1) is 13.0. The third-order valence-electron chi connectivity index (χ3n) is 3.98. The van der Waals surface area contributed by atoms with Crippen LogP contribution in [0.2, 0.25) is 0 Å². The summed E-state index contributed by atoms with van der Waals surface area (Å²) in [6.45, 7) is 4.17. The Kier molecular flexibility index (Phi) is 7.00. The molecule has 2 N–H and O–H groups in total. The number of amides is 1. The first-order valence-electron chi connectivity index (χ1n) is 8.41. The van der Waals surface area contributed by atoms with Crippen LogP contribution in [0.15, 0.2) is 53.7 Å². The van der Waals surface area contributed by atoms with Gasteiger partial charge in [0.15, 0.2) is 0 Å². The molecule has 0 aliphatic carbocycles. The van der Waals surface area contributed by atoms with Crippen molar-refractivity contribution >= 4 is 17.4 Å². The molecule has 0 aliphatic rings. The van der Waals surface area contributed by atoms with Crippen molar-refractivity contribution in [2.24, 2.45) is 10.9 Å². The molecular formula is C21H24N2O4. The SMILES string of the molecule is CON=C(C)c1ccc(OCc2ccccc2/C(=C\C(N)=O)OC)c(C)c1. The van der Waals surface area contributed by atoms with Crippen molar-refractivity contribution in [1.29, 1.82) is 0 Å². The molecule has 0 bridgehead atoms. The molecule has 0 heterocycles. The van der Waals surface area contributed by atoms with Crippen LogP contribution in [0, 0.1) is 6.92 Å². The summed E-state index contributed by atoms with van der Waals surface area (Å²) in [5, 5.41) is 3.94. The lowest BCUT2D eigenvalue weighted by Crippen LogP contribution is -2.09. The number of methoxy groups -OCH3 is 1. The molecule has 0 saturated heterocycles. The summed E-state index contributed by atoms with van der Waals surface area (Å²) in [6, 6.07) is 13.4. The monoisotopic (exact) mass is 368 g/mol. The number of rotatable bonds is 8. The van der Waals surface area contributed by atoms with E-state index in [2.05, 4.69) is 5.16 Å². The second-order valence-corrected chi connectivity index (χ2v) is 5.90. The quantitative estimate of drug-likeness (QED) is 0.335. The molecular weight excluding hydrogens is 344 g/mol. The predicted molar refractivity (Wildman–Crippen MR) is 105 cm³/mol. The van der Waals surface area contributed by atoms with E-state index < -0.39 is 5.91 Å². The highest BCUT2D eigenvalue weighted by Gasteiger charge is 2.11. The number of hydrogen-bond donors (Lipinski definition) is 1. The Hall–Kier alpha value is -3.28. The Bertz CT molecular complexity index is 872. The standard InChI is InChI=1S/C21H24N2O4/c1-14-11-16(15(2)23-26-4)9-10-19(14)27-13-17-7-5-6-8-18(17)20(25-3)12-21(22)24/h5-12H,13H2,1-4H3,(H2,22,24)/b20-12+,23-15?. The summed E-state index contributed by atoms with van der Waals surface area (Å²) < 4.78 is 11.3. The first kappa shape index (κ1) is 20.0. The molecule has 1 amide bonds. The van der Waals surface area contributed by atoms with Crippen LogP contribution in [0.1, 0.15) is 29.2 Å². The summed E-state index contributed by atoms with van der Waals surface area (Å²) in [5.41, 5.74) is 9.64. The van der Waals surface area contributed by atoms with Crippen molar-refractivity contribution in [1.82, 2.24) is 0 Å². The lowest BCUT2D eigenvalue weighted by atomic mass is 10.1. The van der Waals surface area contributed by atoms with Crippen molar-refractivity contribution in [3.8, 4) is 5.75 Å². The highest BCUT2D eigenvalue weighted by atomic mass is 16.6. The average Bonchev–Trinajstić information content (AvgIpc) is 2.65. The average molecular weight is 368 g/mol. The van der Waals surface area contributed by atoms with Gasteiger partial charge in [-0.3, -0.25) is 4.79 Å². The van der Waals surface area contributed by atoms with Gasteiger partial charge in [0.1, 0.15) is 25.2 Å². The first-order valence-corrected chi connectivity index (χ1v) is 8.41. The minimum absolute atomic E-state index is 0.320. The largest absolute Gasteiger partial charge is 0.496 e. The van der Waals surface area contributed by atoms with E-state index in [1.54, 1.807) is 0 Å². The molecule has 0 unspecified atom stereocenters. The number of benzene rings is 2. The Morgan fingerprint density at radius 3 is 2.56 bits per heavy atom. The van der Waals surface area contributed by atoms with Gasteiger partial charge in [-0.1, -0.05) is 29.4 Å². The molecule has 2 aromatic rings. The zero-order valence-electron chi connectivity index (χ0n) is 16.0. The topological polar surface area (TPSA) is 83.1 Å². The Morgan fingerprint density at radius 1 is 1.19 bits per heavy atom. The van der Waals surface area contributed by atoms with Crippen LogP contribution in [0.4, 0.5) is 0 Å². The van der Waals surface area contributed by atoms with Crippen LogP contribution >= 0.6 is 0 Å². The van der Waals surface area contributed by atoms with Gasteiger partial charge in [0.25, 0.3) is 0 Å². The van der Waals surface area contributed by atoms with Gasteiger partial charge in [0, 0.05) is 17.2 Å². The number of aryl methyl sites for hydroxylation is 1. The molecule has 0 radical (unpaired) electrons. The minimum atomic E-state index is -0.568. The van der Waals surface area contributed by atoms with E-state index in [1.807, 2.05) is 56.3 Å². The van der Waals surface area contributed by atoms with E-state index in [1.165, 1.54) is 20.3 Å². The number of nitrogens with zero attached hydrogens (tertiary/aromatic N) is 1. The van der Waals surface area contributed by atoms with Crippen LogP contribution in [0.25, 0.3) is 5.76 Å². The fraction of sp³-hybridized carbons (Fsp3) is 0.238. The normalized spacial score (nSPS) is 11.9. The number of carbonyl (C=O) groups excluding carboxylic acids is 1. The molecule has 0 aromatic heterocycles. The highest BCUT2D eigenvalue weighted by Crippen LogP contribution is 2.24. The number of oxime groups is 1. The van der Waals surface area contributed by atoms with Gasteiger partial charge in [-0.2, -0.15) is 0 Å². The number of hydrogen-bond acceptors (Lipinski definition) is 5. The zero-order valence-corrected chi connectivity index (χ0v) is 16.0. The van der Waals surface area contributed by atoms with E-state index in [0.717, 1.165) is 33.7 Å². The number of carbonyl (C=O) groups is 1. The highest BCUT2D eigenvalue weighted by molar-refractivity contribution is 5.98. The van der Waals surface area contributed by atoms with Crippen molar-refractivity contribution in [2.75, 3.05) is 14.2 Å². The number of ether oxygens (including phenoxy) is 2. The maximum absolute atomic E-state index is 11.2. The van der Waals surface area contributed by atoms with Crippen molar-refractivity contribution in [3.63, 3.8) is 0 Å². The summed E-state index contributed by atoms with van der Waals surface area (Å²) in [6.07, 6.45) is 1.26. The molecule has 2 aromatic carbocycles. The molecule has 27 heavy (non-hydrogen) atoms. The van der Waals surface area contributed by atoms with Crippen LogP contribution in [0.3, 0.4) is 0 Å². The minimum Gasteiger partial charge on any atom is -0.496 e. The van der Waals surface area contributed by atoms with Gasteiger partial charge in [-0.05, 0) is 43.2 Å². The maximum atomic E-state index is 11.2. The van der Waals surface area contributed by atoms with Gasteiger partial charge in [0.2, 0.25) is 5.91 Å². The molecule has 2 rings (SSSR count). The Balaban J connectivity index is 2.23. The number of nitrogens with two attached hydrogens (primary N) is 1. The predicted octanol–water partition coefficient (Wildman–Crippen LogP) is 3.42. The van der Waals surface area contributed by atoms with Crippen molar-refractivity contribution in [3.05, 3.63) is 70.8 Å². The summed E-state index contributed by atoms with van der Waals surface area (Å²) >= 11 is 0. The number of primary amides is 1. The van der Waals surface area contributed by atoms with E-state index in [-0.39, 0.29) is 0 Å². The second-order valence-electron chi connectivity index (χ2n) is 5.90. The fourth-order valence-electron chi connectivity index (χ4n) is 2.64. The van der Waals surface area contributed by atoms with Crippen molar-refractivity contribution in [2.45, 2.75) is 20.5 Å². The molecule has 142 valence electrons. The molecule has 0 saturated carbocycles. The molecule has 0 spiro atoms. The summed E-state index contributed by atoms with van der Waals surface area (Å²) in [7, 11) is 3.02. The molecule has 0 fully saturated rings. The lowest BCUT2D eigenvalue weighted by molar-refractivity contribution is -0.113. The van der Waals surface area contributed by atoms with Gasteiger partial charge in [0.05, 0.1) is 12.8 Å². The van der Waals surface area contributed by atoms with Crippen molar-refractivity contribution < 1.29 is 19.1 Å². The molecule has 6 heteroatoms. The van der Waals surface area contributed by atoms with E-state index in [0.29, 0.717) is 12.4 Å². The van der Waals surface area contributed by atoms with E-state index in [9.17, 15) is 4.79 Å². The van der Waals surface area contributed by atoms with E-state index >= 15 is 0 Å². The Morgan fingerprint density at radius 2 is 1.93 bits per heavy atom. The van der Waals surface area contributed by atoms with Crippen LogP contribution in [0.5, 0.6) is 5.75 Å². The van der Waals surface area contributed by atoms with Crippen LogP contribution < -0.4 is 10.5 Å². The van der Waals surface area contributed by atoms with Gasteiger partial charge in [-0.15, -0.1) is 0 Å². The third kappa shape index (κ3) is 5.34. The second kappa shape index (κ2) is 9.43. The molecule has 0 aliphatic heterocycles. The summed E-state index contributed by atoms with van der Waals surface area (Å²) in [5.74, 6) is 0.596. The maximum Gasteiger partial charge on any atom is 0.245 e. The van der Waals surface area contributed by atoms with Crippen LogP contribution in [-0.2, 0) is 21.0 Å². The summed E-state index contributed by atoms with van der Waals surface area (Å²) in [4.78, 5) is 16.0. The lowest BCUT2D eigenvalue weighted by Gasteiger charge is -2.14. The van der Waals surface area contributed by atoms with Gasteiger partial charge < -0.3 is 20.0 Å². The third-order valence-corrected chi connectivity index (χ3v) is 3.98. The zero-order chi connectivity index (χ0) is 19.8. The Labute approximate surface area is 159 Å². The fourth-order valence-corrected chi connectivity index (χ4v) is 2.64. The van der Waals surface area contributed by atoms with Gasteiger partial charge in [-0.25, -0.2) is 0 Å². The molecule has 6 nitrogen and oxygen atoms in total. The smallest absolute Gasteiger partial charge is 0.245 e. The molecule has 0 atom stereocenters. The van der Waals surface area contributed by atoms with Gasteiger partial charge >= 0.3 is 0 Å². The van der Waals surface area contributed by atoms with E-state index in [4.69, 9.17) is 20.0 Å². The van der Waals surface area contributed by atoms with Crippen LogP contribution in [-0.4, -0.2) is 25.8 Å².